The van der Waals surface area contributed by atoms with E-state index < -0.39 is 0 Å². The molecule has 0 spiro atoms. The first-order valence-corrected chi connectivity index (χ1v) is 6.83. The van der Waals surface area contributed by atoms with Crippen molar-refractivity contribution in [3.05, 3.63) is 45.1 Å². The second kappa shape index (κ2) is 5.82. The highest BCUT2D eigenvalue weighted by Gasteiger charge is 2.19. The lowest BCUT2D eigenvalue weighted by Crippen LogP contribution is -2.24. The normalized spacial score (nSPS) is 12.7. The molecular weight excluding hydrogens is 316 g/mol. The summed E-state index contributed by atoms with van der Waals surface area (Å²) in [5.74, 6) is 0. The molecule has 1 N–H and O–H groups in total. The number of aryl methyl sites for hydroxylation is 1. The molecule has 2 aromatic rings. The van der Waals surface area contributed by atoms with Gasteiger partial charge < -0.3 is 5.32 Å². The molecular formula is C12H14BrClN4. The van der Waals surface area contributed by atoms with E-state index >= 15 is 0 Å². The van der Waals surface area contributed by atoms with Crippen LogP contribution in [0.3, 0.4) is 0 Å². The van der Waals surface area contributed by atoms with Gasteiger partial charge in [0.25, 0.3) is 0 Å². The lowest BCUT2D eigenvalue weighted by atomic mass is 10.0. The van der Waals surface area contributed by atoms with E-state index in [0.717, 1.165) is 27.3 Å². The van der Waals surface area contributed by atoms with Crippen molar-refractivity contribution >= 4 is 27.5 Å². The molecule has 1 atom stereocenters. The zero-order valence-corrected chi connectivity index (χ0v) is 12.5. The van der Waals surface area contributed by atoms with Gasteiger partial charge in [-0.2, -0.15) is 0 Å². The molecule has 2 rings (SSSR count). The lowest BCUT2D eigenvalue weighted by molar-refractivity contribution is 0.568. The third-order valence-electron chi connectivity index (χ3n) is 2.73. The van der Waals surface area contributed by atoms with Crippen LogP contribution in [-0.2, 0) is 7.05 Å². The number of aromatic nitrogens is 3. The maximum absolute atomic E-state index is 6.31. The topological polar surface area (TPSA) is 42.7 Å². The van der Waals surface area contributed by atoms with E-state index in [0.29, 0.717) is 0 Å². The van der Waals surface area contributed by atoms with Crippen LogP contribution in [0.25, 0.3) is 0 Å². The van der Waals surface area contributed by atoms with Crippen molar-refractivity contribution < 1.29 is 0 Å². The fraction of sp³-hybridized carbons (Fsp3) is 0.333. The Morgan fingerprint density at radius 1 is 1.50 bits per heavy atom. The standard InChI is InChI=1S/C12H14BrClN4/c1-3-15-12(11-7-16-17-18(11)2)9-5-4-8(13)6-10(9)14/h4-7,12,15H,3H2,1-2H3. The Bertz CT molecular complexity index is 541. The molecule has 0 aliphatic heterocycles. The highest BCUT2D eigenvalue weighted by atomic mass is 79.9. The van der Waals surface area contributed by atoms with E-state index in [1.807, 2.05) is 25.2 Å². The predicted octanol–water partition coefficient (Wildman–Crippen LogP) is 2.93. The average molecular weight is 330 g/mol. The van der Waals surface area contributed by atoms with Gasteiger partial charge in [0.2, 0.25) is 0 Å². The summed E-state index contributed by atoms with van der Waals surface area (Å²) in [7, 11) is 1.87. The van der Waals surface area contributed by atoms with Crippen LogP contribution in [0.4, 0.5) is 0 Å². The van der Waals surface area contributed by atoms with Crippen LogP contribution in [0.2, 0.25) is 5.02 Å². The van der Waals surface area contributed by atoms with Gasteiger partial charge in [0, 0.05) is 16.5 Å². The molecule has 6 heteroatoms. The summed E-state index contributed by atoms with van der Waals surface area (Å²) in [6.07, 6.45) is 1.76. The molecule has 0 aliphatic rings. The third kappa shape index (κ3) is 2.74. The number of rotatable bonds is 4. The van der Waals surface area contributed by atoms with E-state index in [1.54, 1.807) is 10.9 Å². The van der Waals surface area contributed by atoms with Crippen molar-refractivity contribution in [1.29, 1.82) is 0 Å². The van der Waals surface area contributed by atoms with Gasteiger partial charge in [-0.25, -0.2) is 0 Å². The summed E-state index contributed by atoms with van der Waals surface area (Å²) < 4.78 is 2.72. The van der Waals surface area contributed by atoms with E-state index in [9.17, 15) is 0 Å². The van der Waals surface area contributed by atoms with Gasteiger partial charge in [-0.1, -0.05) is 45.7 Å². The van der Waals surface area contributed by atoms with Crippen LogP contribution in [0.15, 0.2) is 28.9 Å². The summed E-state index contributed by atoms with van der Waals surface area (Å²) in [6, 6.07) is 5.88. The van der Waals surface area contributed by atoms with E-state index in [4.69, 9.17) is 11.6 Å². The molecule has 0 amide bonds. The molecule has 1 aromatic carbocycles. The van der Waals surface area contributed by atoms with Crippen LogP contribution < -0.4 is 5.32 Å². The first kappa shape index (κ1) is 13.5. The Morgan fingerprint density at radius 3 is 2.83 bits per heavy atom. The summed E-state index contributed by atoms with van der Waals surface area (Å²) in [5.41, 5.74) is 2.01. The minimum Gasteiger partial charge on any atom is -0.305 e. The summed E-state index contributed by atoms with van der Waals surface area (Å²) in [5, 5.41) is 12.0. The van der Waals surface area contributed by atoms with Gasteiger partial charge >= 0.3 is 0 Å². The molecule has 4 nitrogen and oxygen atoms in total. The fourth-order valence-electron chi connectivity index (χ4n) is 1.87. The zero-order valence-electron chi connectivity index (χ0n) is 10.2. The van der Waals surface area contributed by atoms with Crippen LogP contribution in [0.1, 0.15) is 24.2 Å². The van der Waals surface area contributed by atoms with Gasteiger partial charge in [-0.05, 0) is 24.2 Å². The molecule has 1 aromatic heterocycles. The van der Waals surface area contributed by atoms with E-state index in [2.05, 4.69) is 38.5 Å². The number of hydrogen-bond acceptors (Lipinski definition) is 3. The van der Waals surface area contributed by atoms with Crippen LogP contribution in [-0.4, -0.2) is 21.5 Å². The van der Waals surface area contributed by atoms with Gasteiger partial charge in [-0.3, -0.25) is 4.68 Å². The maximum atomic E-state index is 6.31. The Kier molecular flexibility index (Phi) is 4.37. The number of nitrogens with one attached hydrogen (secondary N) is 1. The smallest absolute Gasteiger partial charge is 0.0799 e. The van der Waals surface area contributed by atoms with Crippen molar-refractivity contribution in [3.8, 4) is 0 Å². The second-order valence-corrected chi connectivity index (χ2v) is 5.26. The van der Waals surface area contributed by atoms with Crippen molar-refractivity contribution in [2.24, 2.45) is 7.05 Å². The molecule has 0 saturated carbocycles. The molecule has 96 valence electrons. The minimum atomic E-state index is -0.00407. The highest BCUT2D eigenvalue weighted by Crippen LogP contribution is 2.29. The first-order chi connectivity index (χ1) is 8.63. The zero-order chi connectivity index (χ0) is 13.1. The third-order valence-corrected chi connectivity index (χ3v) is 3.55. The second-order valence-electron chi connectivity index (χ2n) is 3.94. The average Bonchev–Trinajstić information content (AvgIpc) is 2.73. The van der Waals surface area contributed by atoms with Crippen LogP contribution >= 0.6 is 27.5 Å². The van der Waals surface area contributed by atoms with Crippen molar-refractivity contribution in [3.63, 3.8) is 0 Å². The molecule has 1 heterocycles. The van der Waals surface area contributed by atoms with Gasteiger partial charge in [0.1, 0.15) is 0 Å². The van der Waals surface area contributed by atoms with Gasteiger partial charge in [-0.15, -0.1) is 5.10 Å². The Labute approximate surface area is 119 Å². The highest BCUT2D eigenvalue weighted by molar-refractivity contribution is 9.10. The number of benzene rings is 1. The fourth-order valence-corrected chi connectivity index (χ4v) is 2.66. The molecule has 18 heavy (non-hydrogen) atoms. The number of halogens is 2. The van der Waals surface area contributed by atoms with E-state index in [1.165, 1.54) is 0 Å². The SMILES string of the molecule is CCNC(c1ccc(Br)cc1Cl)c1cnnn1C. The molecule has 0 saturated heterocycles. The Hall–Kier alpha value is -0.910. The van der Waals surface area contributed by atoms with Crippen molar-refractivity contribution in [2.75, 3.05) is 6.54 Å². The van der Waals surface area contributed by atoms with Crippen LogP contribution in [0.5, 0.6) is 0 Å². The molecule has 0 fully saturated rings. The van der Waals surface area contributed by atoms with Gasteiger partial charge in [0.15, 0.2) is 0 Å². The molecule has 1 unspecified atom stereocenters. The number of hydrogen-bond donors (Lipinski definition) is 1. The largest absolute Gasteiger partial charge is 0.305 e. The monoisotopic (exact) mass is 328 g/mol. The molecule has 0 bridgehead atoms. The Morgan fingerprint density at radius 2 is 2.28 bits per heavy atom. The van der Waals surface area contributed by atoms with E-state index in [-0.39, 0.29) is 6.04 Å². The summed E-state index contributed by atoms with van der Waals surface area (Å²) >= 11 is 9.72. The predicted molar refractivity (Wildman–Crippen MR) is 75.7 cm³/mol. The molecule has 0 aliphatic carbocycles. The van der Waals surface area contributed by atoms with Crippen LogP contribution in [0, 0.1) is 0 Å². The first-order valence-electron chi connectivity index (χ1n) is 5.66. The lowest BCUT2D eigenvalue weighted by Gasteiger charge is -2.19. The molecule has 0 radical (unpaired) electrons. The van der Waals surface area contributed by atoms with Gasteiger partial charge in [0.05, 0.1) is 17.9 Å². The summed E-state index contributed by atoms with van der Waals surface area (Å²) in [4.78, 5) is 0. The number of nitrogens with zero attached hydrogens (tertiary/aromatic N) is 3. The van der Waals surface area contributed by atoms with Crippen molar-refractivity contribution in [2.45, 2.75) is 13.0 Å². The minimum absolute atomic E-state index is 0.00407. The van der Waals surface area contributed by atoms with Crippen molar-refractivity contribution in [1.82, 2.24) is 20.3 Å². The Balaban J connectivity index is 2.45. The maximum Gasteiger partial charge on any atom is 0.0799 e. The quantitative estimate of drug-likeness (QED) is 0.938. The summed E-state index contributed by atoms with van der Waals surface area (Å²) in [6.45, 7) is 2.89.